The van der Waals surface area contributed by atoms with Crippen molar-refractivity contribution >= 4 is 5.97 Å². The maximum atomic E-state index is 14.4. The van der Waals surface area contributed by atoms with Crippen LogP contribution in [0.15, 0.2) is 48.0 Å². The van der Waals surface area contributed by atoms with Crippen molar-refractivity contribution in [2.24, 2.45) is 22.7 Å². The van der Waals surface area contributed by atoms with E-state index in [1.54, 1.807) is 20.3 Å². The van der Waals surface area contributed by atoms with Gasteiger partial charge in [-0.25, -0.2) is 4.39 Å². The molecule has 3 aliphatic rings. The molecule has 0 spiro atoms. The number of unbranched alkanes of at least 4 members (excludes halogenated alkanes) is 2. The van der Waals surface area contributed by atoms with Gasteiger partial charge in [0.2, 0.25) is 0 Å². The fourth-order valence-corrected chi connectivity index (χ4v) is 7.57. The Morgan fingerprint density at radius 1 is 1.02 bits per heavy atom. The van der Waals surface area contributed by atoms with Crippen molar-refractivity contribution in [3.63, 3.8) is 0 Å². The van der Waals surface area contributed by atoms with Gasteiger partial charge >= 0.3 is 5.97 Å². The van der Waals surface area contributed by atoms with Gasteiger partial charge < -0.3 is 14.2 Å². The molecule has 1 fully saturated rings. The van der Waals surface area contributed by atoms with Crippen LogP contribution in [0.3, 0.4) is 0 Å². The number of methoxy groups -OCH3 is 2. The molecule has 5 rings (SSSR count). The van der Waals surface area contributed by atoms with Crippen LogP contribution < -0.4 is 9.47 Å². The Kier molecular flexibility index (Phi) is 9.74. The first kappa shape index (κ1) is 33.1. The number of benzene rings is 2. The van der Waals surface area contributed by atoms with E-state index in [0.717, 1.165) is 60.3 Å². The largest absolute Gasteiger partial charge is 0.496 e. The van der Waals surface area contributed by atoms with Crippen molar-refractivity contribution in [2.75, 3.05) is 20.8 Å². The average Bonchev–Trinajstić information content (AvgIpc) is 2.96. The second kappa shape index (κ2) is 12.7. The third-order valence-corrected chi connectivity index (χ3v) is 10.4. The van der Waals surface area contributed by atoms with Crippen LogP contribution in [0.5, 0.6) is 11.5 Å². The summed E-state index contributed by atoms with van der Waals surface area (Å²) in [7, 11) is 3.46. The number of esters is 1. The number of allylic oxidation sites excluding steroid dienone is 1. The summed E-state index contributed by atoms with van der Waals surface area (Å²) in [6.45, 7) is 17.3. The van der Waals surface area contributed by atoms with Crippen molar-refractivity contribution in [1.82, 2.24) is 0 Å². The molecule has 0 N–H and O–H groups in total. The lowest BCUT2D eigenvalue weighted by molar-refractivity contribution is -0.152. The van der Waals surface area contributed by atoms with Gasteiger partial charge in [0.15, 0.2) is 0 Å². The number of hydrogen-bond acceptors (Lipinski definition) is 4. The van der Waals surface area contributed by atoms with E-state index in [4.69, 9.17) is 14.2 Å². The number of hydrogen-bond donors (Lipinski definition) is 0. The van der Waals surface area contributed by atoms with Crippen LogP contribution >= 0.6 is 0 Å². The number of ether oxygens (including phenoxy) is 3. The lowest BCUT2D eigenvalue weighted by atomic mass is 9.45. The van der Waals surface area contributed by atoms with E-state index in [1.807, 2.05) is 26.8 Å². The van der Waals surface area contributed by atoms with E-state index in [9.17, 15) is 9.18 Å². The van der Waals surface area contributed by atoms with Gasteiger partial charge in [-0.05, 0) is 103 Å². The monoisotopic (exact) mass is 592 g/mol. The number of carbonyl (C=O) groups excluding carboxylic acids is 1. The molecule has 0 amide bonds. The molecule has 0 saturated heterocycles. The summed E-state index contributed by atoms with van der Waals surface area (Å²) in [6, 6.07) is 11.4. The lowest BCUT2D eigenvalue weighted by Crippen LogP contribution is -2.52. The molecule has 4 atom stereocenters. The Labute approximate surface area is 259 Å². The quantitative estimate of drug-likeness (QED) is 0.140. The molecule has 3 aliphatic carbocycles. The zero-order chi connectivity index (χ0) is 31.7. The Balaban J connectivity index is 1.76. The van der Waals surface area contributed by atoms with E-state index in [0.29, 0.717) is 18.4 Å². The summed E-state index contributed by atoms with van der Waals surface area (Å²) >= 11 is 0. The normalized spacial score (nSPS) is 21.8. The van der Waals surface area contributed by atoms with Gasteiger partial charge in [0.25, 0.3) is 0 Å². The Morgan fingerprint density at radius 3 is 2.21 bits per heavy atom. The maximum Gasteiger partial charge on any atom is 0.311 e. The summed E-state index contributed by atoms with van der Waals surface area (Å²) < 4.78 is 32.5. The van der Waals surface area contributed by atoms with Gasteiger partial charge in [-0.3, -0.25) is 4.79 Å². The topological polar surface area (TPSA) is 44.8 Å². The zero-order valence-corrected chi connectivity index (χ0v) is 28.1. The second-order valence-electron chi connectivity index (χ2n) is 14.9. The Hall–Kier alpha value is -2.82. The van der Waals surface area contributed by atoms with Crippen LogP contribution in [0.2, 0.25) is 0 Å². The van der Waals surface area contributed by atoms with Crippen molar-refractivity contribution in [1.29, 1.82) is 0 Å². The third kappa shape index (κ3) is 6.51. The van der Waals surface area contributed by atoms with Crippen molar-refractivity contribution in [2.45, 2.75) is 105 Å². The first-order valence-corrected chi connectivity index (χ1v) is 16.1. The predicted octanol–water partition coefficient (Wildman–Crippen LogP) is 9.76. The van der Waals surface area contributed by atoms with Crippen LogP contribution in [0, 0.1) is 28.5 Å². The van der Waals surface area contributed by atoms with E-state index < -0.39 is 5.41 Å². The highest BCUT2D eigenvalue weighted by atomic mass is 19.1. The molecule has 2 aromatic rings. The molecule has 0 unspecified atom stereocenters. The third-order valence-electron chi connectivity index (χ3n) is 10.4. The SMILES string of the molecule is CCCCC[C@H](c1cccc(F)c1)C(C)(C)c1cc(OC)c([C@H]2C=C(COC(=O)C(C)(C)C)[C@H]3C[C@@H]2C3(C)C)c(OC)c1. The van der Waals surface area contributed by atoms with Crippen LogP contribution in [-0.2, 0) is 14.9 Å². The highest BCUT2D eigenvalue weighted by Crippen LogP contribution is 2.65. The molecule has 4 nitrogen and oxygen atoms in total. The molecule has 0 heterocycles. The van der Waals surface area contributed by atoms with Crippen LogP contribution in [0.4, 0.5) is 4.39 Å². The summed E-state index contributed by atoms with van der Waals surface area (Å²) in [5, 5.41) is 0. The molecule has 43 heavy (non-hydrogen) atoms. The first-order chi connectivity index (χ1) is 20.2. The Morgan fingerprint density at radius 2 is 1.67 bits per heavy atom. The van der Waals surface area contributed by atoms with E-state index >= 15 is 0 Å². The minimum Gasteiger partial charge on any atom is -0.496 e. The minimum atomic E-state index is -0.540. The van der Waals surface area contributed by atoms with Crippen LogP contribution in [0.25, 0.3) is 0 Å². The van der Waals surface area contributed by atoms with Crippen LogP contribution in [0.1, 0.15) is 116 Å². The molecule has 0 aliphatic heterocycles. The number of rotatable bonds is 12. The van der Waals surface area contributed by atoms with Gasteiger partial charge in [-0.15, -0.1) is 0 Å². The number of halogens is 1. The van der Waals surface area contributed by atoms with E-state index in [1.165, 1.54) is 11.6 Å². The molecule has 236 valence electrons. The molecule has 1 saturated carbocycles. The summed E-state index contributed by atoms with van der Waals surface area (Å²) in [4.78, 5) is 12.6. The lowest BCUT2D eigenvalue weighted by Gasteiger charge is -2.59. The fourth-order valence-electron chi connectivity index (χ4n) is 7.57. The van der Waals surface area contributed by atoms with Gasteiger partial charge in [-0.2, -0.15) is 0 Å². The number of fused-ring (bicyclic) bond motifs is 1. The summed E-state index contributed by atoms with van der Waals surface area (Å²) in [6.07, 6.45) is 7.70. The van der Waals surface area contributed by atoms with Gasteiger partial charge in [-0.1, -0.05) is 72.1 Å². The molecule has 2 aromatic carbocycles. The van der Waals surface area contributed by atoms with E-state index in [-0.39, 0.29) is 34.5 Å². The average molecular weight is 593 g/mol. The molecular weight excluding hydrogens is 539 g/mol. The number of carbonyl (C=O) groups is 1. The molecule has 0 aromatic heterocycles. The predicted molar refractivity (Wildman–Crippen MR) is 172 cm³/mol. The van der Waals surface area contributed by atoms with Gasteiger partial charge in [0, 0.05) is 11.5 Å². The molecular formula is C38H53FO4. The molecule has 0 radical (unpaired) electrons. The van der Waals surface area contributed by atoms with Crippen LogP contribution in [-0.4, -0.2) is 26.8 Å². The second-order valence-corrected chi connectivity index (χ2v) is 14.9. The highest BCUT2D eigenvalue weighted by molar-refractivity contribution is 5.75. The van der Waals surface area contributed by atoms with E-state index in [2.05, 4.69) is 58.9 Å². The zero-order valence-electron chi connectivity index (χ0n) is 28.1. The molecule has 2 bridgehead atoms. The van der Waals surface area contributed by atoms with Crippen molar-refractivity contribution < 1.29 is 23.4 Å². The molecule has 5 heteroatoms. The fraction of sp³-hybridized carbons (Fsp3) is 0.605. The standard InChI is InChI=1S/C38H53FO4/c1-11-12-13-17-29(24-15-14-16-27(39)18-24)37(5,6)26-20-32(41-9)34(33(21-26)42-10)28-19-25(23-43-35(40)36(2,3)4)30-22-31(28)38(30,7)8/h14-16,18-21,28-31H,11-13,17,22-23H2,1-10H3/t28-,29+,30+,31-/m0/s1. The van der Waals surface area contributed by atoms with Crippen molar-refractivity contribution in [3.05, 3.63) is 70.6 Å². The smallest absolute Gasteiger partial charge is 0.311 e. The minimum absolute atomic E-state index is 0.0681. The highest BCUT2D eigenvalue weighted by Gasteiger charge is 2.56. The van der Waals surface area contributed by atoms with Gasteiger partial charge in [0.1, 0.15) is 23.9 Å². The van der Waals surface area contributed by atoms with Gasteiger partial charge in [0.05, 0.1) is 19.6 Å². The first-order valence-electron chi connectivity index (χ1n) is 16.1. The van der Waals surface area contributed by atoms with Crippen molar-refractivity contribution in [3.8, 4) is 11.5 Å². The summed E-state index contributed by atoms with van der Waals surface area (Å²) in [5.41, 5.74) is 3.59. The maximum absolute atomic E-state index is 14.4. The summed E-state index contributed by atoms with van der Waals surface area (Å²) in [5.74, 6) is 2.26. The Bertz CT molecular complexity index is 1310.